The zero-order valence-electron chi connectivity index (χ0n) is 12.6. The van der Waals surface area contributed by atoms with Crippen molar-refractivity contribution in [1.82, 2.24) is 10.2 Å². The molecule has 0 unspecified atom stereocenters. The fourth-order valence-corrected chi connectivity index (χ4v) is 2.04. The minimum atomic E-state index is -0.0545. The first-order valence-corrected chi connectivity index (χ1v) is 7.14. The standard InChI is InChI=1S/C16H24N2O2/c1-4-6-13-7-9-14(10-8-13)15(19)11-18(3)12-16(20)17-5-2/h7-10H,4-6,11-12H2,1-3H3,(H,17,20). The van der Waals surface area contributed by atoms with E-state index < -0.39 is 0 Å². The third kappa shape index (κ3) is 5.53. The Labute approximate surface area is 121 Å². The van der Waals surface area contributed by atoms with Crippen molar-refractivity contribution in [1.29, 1.82) is 0 Å². The molecular formula is C16H24N2O2. The Bertz CT molecular complexity index is 440. The van der Waals surface area contributed by atoms with Gasteiger partial charge in [0, 0.05) is 12.1 Å². The van der Waals surface area contributed by atoms with Crippen LogP contribution in [0.15, 0.2) is 24.3 Å². The van der Waals surface area contributed by atoms with Gasteiger partial charge in [0.25, 0.3) is 0 Å². The van der Waals surface area contributed by atoms with Crippen molar-refractivity contribution in [3.63, 3.8) is 0 Å². The quantitative estimate of drug-likeness (QED) is 0.738. The third-order valence-corrected chi connectivity index (χ3v) is 3.02. The molecule has 1 amide bonds. The molecule has 1 aromatic rings. The zero-order chi connectivity index (χ0) is 15.0. The monoisotopic (exact) mass is 276 g/mol. The Morgan fingerprint density at radius 1 is 1.10 bits per heavy atom. The second-order valence-electron chi connectivity index (χ2n) is 5.00. The fourth-order valence-electron chi connectivity index (χ4n) is 2.04. The molecule has 0 atom stereocenters. The smallest absolute Gasteiger partial charge is 0.234 e. The van der Waals surface area contributed by atoms with Gasteiger partial charge < -0.3 is 5.32 Å². The lowest BCUT2D eigenvalue weighted by Crippen LogP contribution is -2.37. The Morgan fingerprint density at radius 3 is 2.30 bits per heavy atom. The van der Waals surface area contributed by atoms with E-state index in [0.717, 1.165) is 12.8 Å². The number of ketones is 1. The zero-order valence-corrected chi connectivity index (χ0v) is 12.6. The highest BCUT2D eigenvalue weighted by atomic mass is 16.2. The maximum atomic E-state index is 12.1. The highest BCUT2D eigenvalue weighted by molar-refractivity contribution is 5.97. The highest BCUT2D eigenvalue weighted by Crippen LogP contribution is 2.07. The number of benzene rings is 1. The van der Waals surface area contributed by atoms with Gasteiger partial charge in [-0.2, -0.15) is 0 Å². The molecule has 0 aliphatic rings. The number of nitrogens with one attached hydrogen (secondary N) is 1. The Balaban J connectivity index is 2.51. The normalized spacial score (nSPS) is 10.6. The number of hydrogen-bond donors (Lipinski definition) is 1. The van der Waals surface area contributed by atoms with Crippen LogP contribution in [-0.2, 0) is 11.2 Å². The molecule has 0 spiro atoms. The van der Waals surface area contributed by atoms with Crippen LogP contribution in [0.25, 0.3) is 0 Å². The van der Waals surface area contributed by atoms with Gasteiger partial charge in [0.15, 0.2) is 5.78 Å². The summed E-state index contributed by atoms with van der Waals surface area (Å²) in [5.41, 5.74) is 1.95. The summed E-state index contributed by atoms with van der Waals surface area (Å²) in [4.78, 5) is 25.2. The first-order chi connectivity index (χ1) is 9.56. The number of hydrogen-bond acceptors (Lipinski definition) is 3. The number of aryl methyl sites for hydroxylation is 1. The molecule has 4 nitrogen and oxygen atoms in total. The molecule has 0 aliphatic carbocycles. The SMILES string of the molecule is CCCc1ccc(C(=O)CN(C)CC(=O)NCC)cc1. The largest absolute Gasteiger partial charge is 0.355 e. The number of carbonyl (C=O) groups is 2. The van der Waals surface area contributed by atoms with Crippen LogP contribution >= 0.6 is 0 Å². The molecular weight excluding hydrogens is 252 g/mol. The second-order valence-corrected chi connectivity index (χ2v) is 5.00. The predicted molar refractivity (Wildman–Crippen MR) is 80.9 cm³/mol. The van der Waals surface area contributed by atoms with E-state index in [1.165, 1.54) is 5.56 Å². The Morgan fingerprint density at radius 2 is 1.75 bits per heavy atom. The highest BCUT2D eigenvalue weighted by Gasteiger charge is 2.11. The number of carbonyl (C=O) groups excluding carboxylic acids is 2. The molecule has 0 fully saturated rings. The van der Waals surface area contributed by atoms with Gasteiger partial charge in [-0.25, -0.2) is 0 Å². The van der Waals surface area contributed by atoms with Gasteiger partial charge in [-0.3, -0.25) is 14.5 Å². The topological polar surface area (TPSA) is 49.4 Å². The summed E-state index contributed by atoms with van der Waals surface area (Å²) in [7, 11) is 1.78. The summed E-state index contributed by atoms with van der Waals surface area (Å²) < 4.78 is 0. The maximum Gasteiger partial charge on any atom is 0.234 e. The average Bonchev–Trinajstić information content (AvgIpc) is 2.39. The van der Waals surface area contributed by atoms with Gasteiger partial charge in [-0.05, 0) is 26.0 Å². The van der Waals surface area contributed by atoms with Crippen LogP contribution in [0.1, 0.15) is 36.2 Å². The molecule has 110 valence electrons. The summed E-state index contributed by atoms with van der Waals surface area (Å²) in [6.07, 6.45) is 2.13. The van der Waals surface area contributed by atoms with Gasteiger partial charge in [0.05, 0.1) is 13.1 Å². The van der Waals surface area contributed by atoms with E-state index in [-0.39, 0.29) is 24.8 Å². The number of rotatable bonds is 8. The molecule has 1 rings (SSSR count). The van der Waals surface area contributed by atoms with Crippen molar-refractivity contribution in [2.24, 2.45) is 0 Å². The second kappa shape index (κ2) is 8.48. The molecule has 0 saturated heterocycles. The first-order valence-electron chi connectivity index (χ1n) is 7.14. The van der Waals surface area contributed by atoms with Crippen molar-refractivity contribution in [3.05, 3.63) is 35.4 Å². The Kier molecular flexibility index (Phi) is 6.94. The minimum Gasteiger partial charge on any atom is -0.355 e. The number of amides is 1. The molecule has 0 aromatic heterocycles. The van der Waals surface area contributed by atoms with E-state index in [1.54, 1.807) is 11.9 Å². The van der Waals surface area contributed by atoms with Crippen molar-refractivity contribution >= 4 is 11.7 Å². The van der Waals surface area contributed by atoms with Crippen LogP contribution in [0.3, 0.4) is 0 Å². The van der Waals surface area contributed by atoms with Gasteiger partial charge in [-0.1, -0.05) is 37.6 Å². The van der Waals surface area contributed by atoms with Crippen LogP contribution in [-0.4, -0.2) is 43.3 Å². The van der Waals surface area contributed by atoms with Crippen LogP contribution in [0.2, 0.25) is 0 Å². The van der Waals surface area contributed by atoms with E-state index in [9.17, 15) is 9.59 Å². The van der Waals surface area contributed by atoms with Gasteiger partial charge in [0.2, 0.25) is 5.91 Å². The predicted octanol–water partition coefficient (Wildman–Crippen LogP) is 1.89. The maximum absolute atomic E-state index is 12.1. The molecule has 0 saturated carbocycles. The van der Waals surface area contributed by atoms with Crippen LogP contribution in [0.5, 0.6) is 0 Å². The van der Waals surface area contributed by atoms with E-state index >= 15 is 0 Å². The van der Waals surface area contributed by atoms with Crippen molar-refractivity contribution in [3.8, 4) is 0 Å². The van der Waals surface area contributed by atoms with Crippen molar-refractivity contribution in [2.75, 3.05) is 26.7 Å². The van der Waals surface area contributed by atoms with E-state index in [4.69, 9.17) is 0 Å². The van der Waals surface area contributed by atoms with Gasteiger partial charge >= 0.3 is 0 Å². The lowest BCUT2D eigenvalue weighted by atomic mass is 10.1. The third-order valence-electron chi connectivity index (χ3n) is 3.02. The summed E-state index contributed by atoms with van der Waals surface area (Å²) in [6.45, 7) is 5.12. The molecule has 4 heteroatoms. The molecule has 0 aliphatic heterocycles. The minimum absolute atomic E-state index is 0.0415. The van der Waals surface area contributed by atoms with Crippen LogP contribution in [0.4, 0.5) is 0 Å². The van der Waals surface area contributed by atoms with Crippen LogP contribution in [0, 0.1) is 0 Å². The first kappa shape index (κ1) is 16.4. The lowest BCUT2D eigenvalue weighted by molar-refractivity contribution is -0.121. The lowest BCUT2D eigenvalue weighted by Gasteiger charge is -2.15. The molecule has 20 heavy (non-hydrogen) atoms. The summed E-state index contributed by atoms with van der Waals surface area (Å²) in [5.74, 6) is -0.0130. The van der Waals surface area contributed by atoms with Crippen molar-refractivity contribution < 1.29 is 9.59 Å². The van der Waals surface area contributed by atoms with Gasteiger partial charge in [-0.15, -0.1) is 0 Å². The average molecular weight is 276 g/mol. The Hall–Kier alpha value is -1.68. The molecule has 1 N–H and O–H groups in total. The van der Waals surface area contributed by atoms with Crippen molar-refractivity contribution in [2.45, 2.75) is 26.7 Å². The summed E-state index contributed by atoms with van der Waals surface area (Å²) in [5, 5.41) is 2.72. The van der Waals surface area contributed by atoms with E-state index in [1.807, 2.05) is 31.2 Å². The van der Waals surface area contributed by atoms with Gasteiger partial charge in [0.1, 0.15) is 0 Å². The number of nitrogens with zero attached hydrogens (tertiary/aromatic N) is 1. The fraction of sp³-hybridized carbons (Fsp3) is 0.500. The van der Waals surface area contributed by atoms with E-state index in [2.05, 4.69) is 12.2 Å². The number of likely N-dealkylation sites (N-methyl/N-ethyl adjacent to an activating group) is 2. The molecule has 0 radical (unpaired) electrons. The van der Waals surface area contributed by atoms with E-state index in [0.29, 0.717) is 12.1 Å². The molecule has 0 bridgehead atoms. The summed E-state index contributed by atoms with van der Waals surface area (Å²) in [6, 6.07) is 7.74. The van der Waals surface area contributed by atoms with Crippen LogP contribution < -0.4 is 5.32 Å². The molecule has 1 aromatic carbocycles. The molecule has 0 heterocycles. The number of Topliss-reactive ketones (excluding diaryl/α,β-unsaturated/α-hetero) is 1. The summed E-state index contributed by atoms with van der Waals surface area (Å²) >= 11 is 0.